The first-order valence-electron chi connectivity index (χ1n) is 10.9. The fraction of sp³-hybridized carbons (Fsp3) is 0.480. The monoisotopic (exact) mass is 411 g/mol. The Hall–Kier alpha value is -2.53. The second kappa shape index (κ2) is 12.2. The number of nitrogens with two attached hydrogens (primary N) is 1. The predicted octanol–water partition coefficient (Wildman–Crippen LogP) is 4.42. The van der Waals surface area contributed by atoms with Crippen molar-refractivity contribution in [3.8, 4) is 0 Å². The molecule has 1 atom stereocenters. The Morgan fingerprint density at radius 3 is 2.53 bits per heavy atom. The second-order valence-electron chi connectivity index (χ2n) is 8.27. The third-order valence-corrected chi connectivity index (χ3v) is 5.75. The smallest absolute Gasteiger partial charge is 0.231 e. The Balaban J connectivity index is 2.07. The summed E-state index contributed by atoms with van der Waals surface area (Å²) in [6.07, 6.45) is 18.8. The van der Waals surface area contributed by atoms with E-state index >= 15 is 0 Å². The number of carbonyl (C=O) groups is 1. The van der Waals surface area contributed by atoms with Crippen molar-refractivity contribution in [3.05, 3.63) is 72.9 Å². The van der Waals surface area contributed by atoms with Crippen molar-refractivity contribution in [2.45, 2.75) is 63.8 Å². The summed E-state index contributed by atoms with van der Waals surface area (Å²) in [5.41, 5.74) is 8.86. The van der Waals surface area contributed by atoms with Crippen molar-refractivity contribution < 1.29 is 9.90 Å². The summed E-state index contributed by atoms with van der Waals surface area (Å²) >= 11 is 0. The van der Waals surface area contributed by atoms with Gasteiger partial charge in [0.2, 0.25) is 5.91 Å². The van der Waals surface area contributed by atoms with Gasteiger partial charge in [-0.3, -0.25) is 4.79 Å². The maximum Gasteiger partial charge on any atom is 0.231 e. The summed E-state index contributed by atoms with van der Waals surface area (Å²) in [5.74, 6) is 0.548. The minimum absolute atomic E-state index is 0.152. The van der Waals surface area contributed by atoms with Crippen molar-refractivity contribution in [1.29, 1.82) is 0 Å². The van der Waals surface area contributed by atoms with E-state index in [1.807, 2.05) is 18.2 Å². The summed E-state index contributed by atoms with van der Waals surface area (Å²) in [4.78, 5) is 14.0. The van der Waals surface area contributed by atoms with E-state index < -0.39 is 6.04 Å². The van der Waals surface area contributed by atoms with Gasteiger partial charge in [-0.25, -0.2) is 0 Å². The lowest BCUT2D eigenvalue weighted by molar-refractivity contribution is -0.129. The average molecular weight is 412 g/mol. The molecule has 2 aliphatic rings. The highest BCUT2D eigenvalue weighted by atomic mass is 16.3. The van der Waals surface area contributed by atoms with Crippen LogP contribution in [0.3, 0.4) is 0 Å². The molecule has 2 rings (SSSR count). The van der Waals surface area contributed by atoms with Crippen LogP contribution in [0, 0.1) is 5.92 Å². The molecule has 1 amide bonds. The molecule has 0 aromatic heterocycles. The zero-order valence-corrected chi connectivity index (χ0v) is 18.1. The standard InChI is InChI=1S/C25H37N3O2/c1-19-11-10-16-28(24(18-29)21(3)26)25(30)15-9-8-14-23(19)27-20(2)17-22-12-6-4-5-7-13-22/h8-10,14,16,22,24,27,29H,1-7,11-13,15,17-18,26H2/b9-8-,16-10?,23-14+. The molecule has 1 aliphatic carbocycles. The lowest BCUT2D eigenvalue weighted by atomic mass is 9.95. The van der Waals surface area contributed by atoms with Gasteiger partial charge < -0.3 is 21.1 Å². The number of allylic oxidation sites excluding steroid dienone is 5. The largest absolute Gasteiger partial charge is 0.401 e. The molecule has 0 spiro atoms. The quantitative estimate of drug-likeness (QED) is 0.542. The van der Waals surface area contributed by atoms with E-state index in [1.54, 1.807) is 12.3 Å². The van der Waals surface area contributed by atoms with Crippen molar-refractivity contribution in [1.82, 2.24) is 10.2 Å². The fourth-order valence-corrected chi connectivity index (χ4v) is 4.01. The van der Waals surface area contributed by atoms with Crippen LogP contribution in [-0.4, -0.2) is 28.6 Å². The van der Waals surface area contributed by atoms with Crippen LogP contribution in [0.15, 0.2) is 72.9 Å². The van der Waals surface area contributed by atoms with Crippen molar-refractivity contribution in [3.63, 3.8) is 0 Å². The number of hydrogen-bond acceptors (Lipinski definition) is 4. The van der Waals surface area contributed by atoms with Gasteiger partial charge in [0.25, 0.3) is 0 Å². The topological polar surface area (TPSA) is 78.6 Å². The van der Waals surface area contributed by atoms with Gasteiger partial charge in [0.15, 0.2) is 0 Å². The SMILES string of the molecule is C=C(CC1CCCCCC1)N/C1=C/C=C\CC(=O)N(C(CO)C(=C)N)C=CCC1=C. The van der Waals surface area contributed by atoms with Gasteiger partial charge in [-0.1, -0.05) is 76.5 Å². The number of nitrogens with one attached hydrogen (secondary N) is 1. The summed E-state index contributed by atoms with van der Waals surface area (Å²) in [6, 6.07) is -0.638. The number of aliphatic hydroxyl groups excluding tert-OH is 1. The highest BCUT2D eigenvalue weighted by Crippen LogP contribution is 2.27. The number of carbonyl (C=O) groups excluding carboxylic acids is 1. The Bertz CT molecular complexity index is 725. The summed E-state index contributed by atoms with van der Waals surface area (Å²) < 4.78 is 0. The molecule has 0 aromatic carbocycles. The van der Waals surface area contributed by atoms with Crippen LogP contribution in [0.5, 0.6) is 0 Å². The number of rotatable bonds is 7. The highest BCUT2D eigenvalue weighted by Gasteiger charge is 2.22. The summed E-state index contributed by atoms with van der Waals surface area (Å²) in [7, 11) is 0. The molecule has 0 radical (unpaired) electrons. The number of aliphatic hydroxyl groups is 1. The zero-order chi connectivity index (χ0) is 21.9. The van der Waals surface area contributed by atoms with Gasteiger partial charge in [0.1, 0.15) is 0 Å². The average Bonchev–Trinajstić information content (AvgIpc) is 2.97. The van der Waals surface area contributed by atoms with Gasteiger partial charge in [-0.15, -0.1) is 0 Å². The van der Waals surface area contributed by atoms with Crippen LogP contribution < -0.4 is 11.1 Å². The lowest BCUT2D eigenvalue weighted by Gasteiger charge is -2.27. The van der Waals surface area contributed by atoms with Crippen molar-refractivity contribution in [2.24, 2.45) is 11.7 Å². The molecule has 5 nitrogen and oxygen atoms in total. The van der Waals surface area contributed by atoms with Gasteiger partial charge in [0.05, 0.1) is 12.6 Å². The molecule has 1 fully saturated rings. The highest BCUT2D eigenvalue weighted by molar-refractivity contribution is 5.79. The third kappa shape index (κ3) is 7.38. The van der Waals surface area contributed by atoms with Crippen LogP contribution >= 0.6 is 0 Å². The molecular weight excluding hydrogens is 374 g/mol. The Morgan fingerprint density at radius 2 is 1.90 bits per heavy atom. The van der Waals surface area contributed by atoms with E-state index in [0.29, 0.717) is 12.3 Å². The van der Waals surface area contributed by atoms with E-state index in [4.69, 9.17) is 5.73 Å². The summed E-state index contributed by atoms with van der Waals surface area (Å²) in [5, 5.41) is 13.1. The number of nitrogens with zero attached hydrogens (tertiary/aromatic N) is 1. The maximum atomic E-state index is 12.6. The van der Waals surface area contributed by atoms with Crippen LogP contribution in [-0.2, 0) is 4.79 Å². The Kier molecular flexibility index (Phi) is 9.68. The molecule has 164 valence electrons. The first-order valence-corrected chi connectivity index (χ1v) is 10.9. The van der Waals surface area contributed by atoms with E-state index in [9.17, 15) is 9.90 Å². The molecule has 1 heterocycles. The number of amides is 1. The van der Waals surface area contributed by atoms with E-state index in [-0.39, 0.29) is 24.6 Å². The van der Waals surface area contributed by atoms with Crippen LogP contribution in [0.25, 0.3) is 0 Å². The maximum absolute atomic E-state index is 12.6. The molecule has 30 heavy (non-hydrogen) atoms. The minimum Gasteiger partial charge on any atom is -0.401 e. The van der Waals surface area contributed by atoms with Crippen LogP contribution in [0.1, 0.15) is 57.8 Å². The summed E-state index contributed by atoms with van der Waals surface area (Å²) in [6.45, 7) is 11.9. The molecule has 5 heteroatoms. The normalized spacial score (nSPS) is 23.0. The van der Waals surface area contributed by atoms with Crippen molar-refractivity contribution in [2.75, 3.05) is 6.61 Å². The van der Waals surface area contributed by atoms with E-state index in [0.717, 1.165) is 23.4 Å². The van der Waals surface area contributed by atoms with Gasteiger partial charge in [0, 0.05) is 29.7 Å². The van der Waals surface area contributed by atoms with Gasteiger partial charge in [-0.05, 0) is 30.4 Å². The van der Waals surface area contributed by atoms with E-state index in [2.05, 4.69) is 25.1 Å². The van der Waals surface area contributed by atoms with Crippen LogP contribution in [0.4, 0.5) is 0 Å². The van der Waals surface area contributed by atoms with Crippen LogP contribution in [0.2, 0.25) is 0 Å². The fourth-order valence-electron chi connectivity index (χ4n) is 4.01. The molecule has 4 N–H and O–H groups in total. The predicted molar refractivity (Wildman–Crippen MR) is 124 cm³/mol. The first-order chi connectivity index (χ1) is 14.4. The molecule has 1 unspecified atom stereocenters. The lowest BCUT2D eigenvalue weighted by Crippen LogP contribution is -2.41. The molecular formula is C25H37N3O2. The molecule has 0 saturated heterocycles. The molecule has 0 bridgehead atoms. The Labute approximate surface area is 181 Å². The van der Waals surface area contributed by atoms with Gasteiger partial charge in [-0.2, -0.15) is 0 Å². The zero-order valence-electron chi connectivity index (χ0n) is 18.1. The molecule has 1 aliphatic heterocycles. The molecule has 0 aromatic rings. The number of hydrogen-bond donors (Lipinski definition) is 3. The van der Waals surface area contributed by atoms with Gasteiger partial charge >= 0.3 is 0 Å². The third-order valence-electron chi connectivity index (χ3n) is 5.75. The second-order valence-corrected chi connectivity index (χ2v) is 8.27. The minimum atomic E-state index is -0.638. The Morgan fingerprint density at radius 1 is 1.20 bits per heavy atom. The van der Waals surface area contributed by atoms with E-state index in [1.165, 1.54) is 43.4 Å². The first kappa shape index (κ1) is 23.7. The van der Waals surface area contributed by atoms with Crippen molar-refractivity contribution >= 4 is 5.91 Å². The molecule has 1 saturated carbocycles.